The van der Waals surface area contributed by atoms with Gasteiger partial charge in [-0.1, -0.05) is 42.5 Å². The summed E-state index contributed by atoms with van der Waals surface area (Å²) in [6, 6.07) is 14.6. The molecule has 2 aromatic carbocycles. The van der Waals surface area contributed by atoms with Crippen molar-refractivity contribution in [3.05, 3.63) is 48.0 Å². The third-order valence-corrected chi connectivity index (χ3v) is 2.70. The average Bonchev–Trinajstić information content (AvgIpc) is 2.28. The predicted octanol–water partition coefficient (Wildman–Crippen LogP) is 2.61. The number of benzene rings is 2. The molecule has 0 aliphatic rings. The van der Waals surface area contributed by atoms with E-state index in [-0.39, 0.29) is 18.4 Å². The first kappa shape index (κ1) is 13.0. The van der Waals surface area contributed by atoms with Gasteiger partial charge in [-0.3, -0.25) is 0 Å². The minimum Gasteiger partial charge on any atom is -0.330 e. The number of rotatable bonds is 3. The zero-order valence-electron chi connectivity index (χ0n) is 9.10. The summed E-state index contributed by atoms with van der Waals surface area (Å²) in [5.74, 6) is 0. The van der Waals surface area contributed by atoms with E-state index < -0.39 is 0 Å². The molecule has 0 aliphatic carbocycles. The zero-order valence-corrected chi connectivity index (χ0v) is 9.91. The van der Waals surface area contributed by atoms with Crippen LogP contribution < -0.4 is 11.5 Å². The quantitative estimate of drug-likeness (QED) is 0.861. The Labute approximate surface area is 102 Å². The molecular formula is C13H17ClN2. The van der Waals surface area contributed by atoms with Crippen molar-refractivity contribution < 1.29 is 0 Å². The van der Waals surface area contributed by atoms with Crippen LogP contribution in [0.2, 0.25) is 0 Å². The summed E-state index contributed by atoms with van der Waals surface area (Å²) in [7, 11) is 0. The Balaban J connectivity index is 0.00000128. The second-order valence-electron chi connectivity index (χ2n) is 3.75. The van der Waals surface area contributed by atoms with Gasteiger partial charge >= 0.3 is 0 Å². The first-order valence-electron chi connectivity index (χ1n) is 5.26. The smallest absolute Gasteiger partial charge is 0.0313 e. The Kier molecular flexibility index (Phi) is 4.74. The molecule has 0 spiro atoms. The molecule has 0 saturated heterocycles. The molecule has 1 atom stereocenters. The molecule has 0 bridgehead atoms. The Morgan fingerprint density at radius 1 is 1.00 bits per heavy atom. The predicted molar refractivity (Wildman–Crippen MR) is 71.8 cm³/mol. The summed E-state index contributed by atoms with van der Waals surface area (Å²) in [6.45, 7) is 0.629. The van der Waals surface area contributed by atoms with Crippen LogP contribution in [0.5, 0.6) is 0 Å². The van der Waals surface area contributed by atoms with Crippen LogP contribution in [-0.4, -0.2) is 6.54 Å². The Bertz CT molecular complexity index is 451. The van der Waals surface area contributed by atoms with Gasteiger partial charge < -0.3 is 11.5 Å². The standard InChI is InChI=1S/C13H16N2.ClH/c14-9-8-13(15)12-7-3-5-10-4-1-2-6-11(10)12;/h1-7,13H,8-9,14-15H2;1H/t13-;/m1./s1. The topological polar surface area (TPSA) is 52.0 Å². The summed E-state index contributed by atoms with van der Waals surface area (Å²) in [5, 5.41) is 2.48. The molecule has 3 heteroatoms. The van der Waals surface area contributed by atoms with Crippen molar-refractivity contribution in [3.8, 4) is 0 Å². The monoisotopic (exact) mass is 236 g/mol. The van der Waals surface area contributed by atoms with Gasteiger partial charge in [0.05, 0.1) is 0 Å². The molecule has 2 rings (SSSR count). The van der Waals surface area contributed by atoms with E-state index >= 15 is 0 Å². The van der Waals surface area contributed by atoms with Gasteiger partial charge in [-0.15, -0.1) is 12.4 Å². The third kappa shape index (κ3) is 2.53. The Hall–Kier alpha value is -1.09. The molecule has 0 saturated carbocycles. The minimum atomic E-state index is 0. The van der Waals surface area contributed by atoms with Crippen molar-refractivity contribution in [2.24, 2.45) is 11.5 Å². The molecule has 16 heavy (non-hydrogen) atoms. The van der Waals surface area contributed by atoms with Crippen LogP contribution in [0.4, 0.5) is 0 Å². The highest BCUT2D eigenvalue weighted by molar-refractivity contribution is 5.86. The number of fused-ring (bicyclic) bond motifs is 1. The van der Waals surface area contributed by atoms with Crippen LogP contribution in [0.3, 0.4) is 0 Å². The van der Waals surface area contributed by atoms with Crippen molar-refractivity contribution in [3.63, 3.8) is 0 Å². The average molecular weight is 237 g/mol. The van der Waals surface area contributed by atoms with Crippen molar-refractivity contribution >= 4 is 23.2 Å². The van der Waals surface area contributed by atoms with Crippen molar-refractivity contribution in [2.75, 3.05) is 6.54 Å². The van der Waals surface area contributed by atoms with Gasteiger partial charge in [0.25, 0.3) is 0 Å². The van der Waals surface area contributed by atoms with Gasteiger partial charge in [-0.25, -0.2) is 0 Å². The van der Waals surface area contributed by atoms with Gasteiger partial charge in [0, 0.05) is 6.04 Å². The van der Waals surface area contributed by atoms with E-state index in [1.807, 2.05) is 18.2 Å². The van der Waals surface area contributed by atoms with Crippen molar-refractivity contribution in [2.45, 2.75) is 12.5 Å². The van der Waals surface area contributed by atoms with Crippen LogP contribution >= 0.6 is 12.4 Å². The van der Waals surface area contributed by atoms with Gasteiger partial charge in [0.2, 0.25) is 0 Å². The molecule has 2 nitrogen and oxygen atoms in total. The lowest BCUT2D eigenvalue weighted by molar-refractivity contribution is 0.666. The van der Waals surface area contributed by atoms with Crippen LogP contribution in [0, 0.1) is 0 Å². The maximum atomic E-state index is 6.09. The van der Waals surface area contributed by atoms with E-state index in [9.17, 15) is 0 Å². The second kappa shape index (κ2) is 5.85. The summed E-state index contributed by atoms with van der Waals surface area (Å²) in [5.41, 5.74) is 12.8. The lowest BCUT2D eigenvalue weighted by Crippen LogP contribution is -2.15. The first-order chi connectivity index (χ1) is 7.33. The van der Waals surface area contributed by atoms with E-state index in [1.54, 1.807) is 0 Å². The fourth-order valence-corrected chi connectivity index (χ4v) is 1.91. The van der Waals surface area contributed by atoms with Crippen molar-refractivity contribution in [1.82, 2.24) is 0 Å². The Morgan fingerprint density at radius 3 is 2.44 bits per heavy atom. The van der Waals surface area contributed by atoms with E-state index in [0.717, 1.165) is 6.42 Å². The van der Waals surface area contributed by atoms with Crippen molar-refractivity contribution in [1.29, 1.82) is 0 Å². The lowest BCUT2D eigenvalue weighted by atomic mass is 9.97. The maximum Gasteiger partial charge on any atom is 0.0313 e. The Morgan fingerprint density at radius 2 is 1.69 bits per heavy atom. The van der Waals surface area contributed by atoms with E-state index in [0.29, 0.717) is 6.54 Å². The number of nitrogens with two attached hydrogens (primary N) is 2. The summed E-state index contributed by atoms with van der Waals surface area (Å²) >= 11 is 0. The number of halogens is 1. The molecular weight excluding hydrogens is 220 g/mol. The molecule has 2 aromatic rings. The molecule has 0 radical (unpaired) electrons. The largest absolute Gasteiger partial charge is 0.330 e. The fraction of sp³-hybridized carbons (Fsp3) is 0.231. The molecule has 4 N–H and O–H groups in total. The van der Waals surface area contributed by atoms with E-state index in [4.69, 9.17) is 11.5 Å². The highest BCUT2D eigenvalue weighted by Gasteiger charge is 2.07. The SMILES string of the molecule is Cl.NCC[C@@H](N)c1cccc2ccccc12. The minimum absolute atomic E-state index is 0. The molecule has 86 valence electrons. The van der Waals surface area contributed by atoms with Gasteiger partial charge in [0.15, 0.2) is 0 Å². The van der Waals surface area contributed by atoms with Crippen LogP contribution in [0.15, 0.2) is 42.5 Å². The molecule has 0 aromatic heterocycles. The van der Waals surface area contributed by atoms with Crippen LogP contribution in [0.1, 0.15) is 18.0 Å². The summed E-state index contributed by atoms with van der Waals surface area (Å²) in [4.78, 5) is 0. The lowest BCUT2D eigenvalue weighted by Gasteiger charge is -2.13. The highest BCUT2D eigenvalue weighted by atomic mass is 35.5. The van der Waals surface area contributed by atoms with Crippen LogP contribution in [0.25, 0.3) is 10.8 Å². The third-order valence-electron chi connectivity index (χ3n) is 2.70. The normalized spacial score (nSPS) is 12.1. The van der Waals surface area contributed by atoms with Gasteiger partial charge in [-0.05, 0) is 29.3 Å². The first-order valence-corrected chi connectivity index (χ1v) is 5.26. The molecule has 0 aliphatic heterocycles. The highest BCUT2D eigenvalue weighted by Crippen LogP contribution is 2.24. The zero-order chi connectivity index (χ0) is 10.7. The van der Waals surface area contributed by atoms with E-state index in [1.165, 1.54) is 16.3 Å². The maximum absolute atomic E-state index is 6.09. The molecule has 0 amide bonds. The fourth-order valence-electron chi connectivity index (χ4n) is 1.91. The number of hydrogen-bond acceptors (Lipinski definition) is 2. The number of hydrogen-bond donors (Lipinski definition) is 2. The van der Waals surface area contributed by atoms with Crippen LogP contribution in [-0.2, 0) is 0 Å². The van der Waals surface area contributed by atoms with Gasteiger partial charge in [-0.2, -0.15) is 0 Å². The molecule has 0 fully saturated rings. The molecule has 0 heterocycles. The summed E-state index contributed by atoms with van der Waals surface area (Å²) in [6.07, 6.45) is 0.827. The second-order valence-corrected chi connectivity index (χ2v) is 3.75. The van der Waals surface area contributed by atoms with Gasteiger partial charge in [0.1, 0.15) is 0 Å². The summed E-state index contributed by atoms with van der Waals surface area (Å²) < 4.78 is 0. The van der Waals surface area contributed by atoms with E-state index in [2.05, 4.69) is 24.3 Å². The molecule has 0 unspecified atom stereocenters.